The van der Waals surface area contributed by atoms with E-state index >= 15 is 0 Å². The van der Waals surface area contributed by atoms with Gasteiger partial charge in [0, 0.05) is 17.9 Å². The summed E-state index contributed by atoms with van der Waals surface area (Å²) in [5, 5.41) is 14.5. The van der Waals surface area contributed by atoms with Crippen molar-refractivity contribution in [3.05, 3.63) is 10.4 Å². The summed E-state index contributed by atoms with van der Waals surface area (Å²) >= 11 is 0. The van der Waals surface area contributed by atoms with Gasteiger partial charge in [-0.2, -0.15) is 0 Å². The Labute approximate surface area is 94.4 Å². The lowest BCUT2D eigenvalue weighted by molar-refractivity contribution is -0.125. The van der Waals surface area contributed by atoms with Gasteiger partial charge >= 0.3 is 0 Å². The average molecular weight is 230 g/mol. The summed E-state index contributed by atoms with van der Waals surface area (Å²) < 4.78 is 5.06. The molecule has 16 heavy (non-hydrogen) atoms. The molecule has 0 fully saturated rings. The van der Waals surface area contributed by atoms with Crippen LogP contribution < -0.4 is 5.32 Å². The molecule has 0 aliphatic rings. The molecule has 0 aromatic heterocycles. The van der Waals surface area contributed by atoms with Crippen LogP contribution in [-0.4, -0.2) is 37.0 Å². The van der Waals surface area contributed by atoms with Gasteiger partial charge in [-0.15, -0.1) is 0 Å². The zero-order chi connectivity index (χ0) is 12.2. The van der Waals surface area contributed by atoms with Gasteiger partial charge in [0.1, 0.15) is 6.23 Å². The van der Waals surface area contributed by atoms with Crippen LogP contribution in [0.4, 0.5) is 0 Å². The van der Waals surface area contributed by atoms with E-state index in [4.69, 9.17) is 15.4 Å². The first-order valence-electron chi connectivity index (χ1n) is 5.23. The Morgan fingerprint density at radius 3 is 3.00 bits per heavy atom. The van der Waals surface area contributed by atoms with Gasteiger partial charge in [-0.05, 0) is 25.3 Å². The van der Waals surface area contributed by atoms with Gasteiger partial charge in [0.15, 0.2) is 0 Å². The van der Waals surface area contributed by atoms with Crippen molar-refractivity contribution < 1.29 is 14.6 Å². The number of unbranched alkanes of at least 4 members (excludes halogenated alkanes) is 1. The molecule has 7 heteroatoms. The highest BCUT2D eigenvalue weighted by Gasteiger charge is 2.06. The summed E-state index contributed by atoms with van der Waals surface area (Å²) in [6, 6.07) is 0. The van der Waals surface area contributed by atoms with Gasteiger partial charge in [-0.3, -0.25) is 4.79 Å². The second kappa shape index (κ2) is 10.2. The summed E-state index contributed by atoms with van der Waals surface area (Å²) in [6.45, 7) is 2.26. The maximum Gasteiger partial charge on any atom is 0.221 e. The van der Waals surface area contributed by atoms with E-state index in [1.165, 1.54) is 0 Å². The van der Waals surface area contributed by atoms with E-state index in [2.05, 4.69) is 15.3 Å². The van der Waals surface area contributed by atoms with Crippen LogP contribution in [0.2, 0.25) is 0 Å². The fourth-order valence-corrected chi connectivity index (χ4v) is 1.08. The van der Waals surface area contributed by atoms with E-state index in [9.17, 15) is 4.79 Å². The third-order valence-corrected chi connectivity index (χ3v) is 1.80. The third kappa shape index (κ3) is 9.26. The first-order chi connectivity index (χ1) is 7.70. The number of rotatable bonds is 9. The number of aliphatic hydroxyl groups is 1. The van der Waals surface area contributed by atoms with E-state index < -0.39 is 6.23 Å². The van der Waals surface area contributed by atoms with Crippen molar-refractivity contribution in [3.63, 3.8) is 0 Å². The third-order valence-electron chi connectivity index (χ3n) is 1.80. The van der Waals surface area contributed by atoms with E-state index in [0.29, 0.717) is 25.8 Å². The molecule has 2 N–H and O–H groups in total. The lowest BCUT2D eigenvalue weighted by Crippen LogP contribution is -2.35. The first-order valence-corrected chi connectivity index (χ1v) is 5.23. The highest BCUT2D eigenvalue weighted by atomic mass is 16.5. The number of carbonyl (C=O) groups is 1. The smallest absolute Gasteiger partial charge is 0.221 e. The molecule has 0 aromatic carbocycles. The van der Waals surface area contributed by atoms with Crippen LogP contribution in [0.1, 0.15) is 26.2 Å². The summed E-state index contributed by atoms with van der Waals surface area (Å²) in [6.07, 6.45) is 1.37. The highest BCUT2D eigenvalue weighted by molar-refractivity contribution is 5.75. The van der Waals surface area contributed by atoms with Crippen LogP contribution in [0.5, 0.6) is 0 Å². The minimum Gasteiger partial charge on any atom is -0.394 e. The van der Waals surface area contributed by atoms with Crippen molar-refractivity contribution >= 4 is 5.91 Å². The molecule has 0 aromatic rings. The molecule has 7 nitrogen and oxygen atoms in total. The Kier molecular flexibility index (Phi) is 9.39. The molecule has 92 valence electrons. The van der Waals surface area contributed by atoms with Crippen LogP contribution in [-0.2, 0) is 9.53 Å². The molecular formula is C9H18N4O3. The van der Waals surface area contributed by atoms with E-state index in [1.807, 2.05) is 0 Å². The van der Waals surface area contributed by atoms with E-state index in [1.54, 1.807) is 6.92 Å². The number of nitrogens with one attached hydrogen (secondary N) is 1. The molecule has 0 aliphatic heterocycles. The minimum absolute atomic E-state index is 0.0631. The Morgan fingerprint density at radius 1 is 1.62 bits per heavy atom. The van der Waals surface area contributed by atoms with Crippen LogP contribution >= 0.6 is 0 Å². The van der Waals surface area contributed by atoms with Crippen molar-refractivity contribution in [2.24, 2.45) is 5.11 Å². The lowest BCUT2D eigenvalue weighted by atomic mass is 10.2. The predicted molar refractivity (Wildman–Crippen MR) is 58.5 cm³/mol. The number of azide groups is 1. The molecular weight excluding hydrogens is 212 g/mol. The summed E-state index contributed by atoms with van der Waals surface area (Å²) in [5.41, 5.74) is 8.02. The molecule has 1 atom stereocenters. The summed E-state index contributed by atoms with van der Waals surface area (Å²) in [5.74, 6) is -0.105. The number of amides is 1. The standard InChI is InChI=1S/C9H18N4O3/c1-8(16-7-6-14)12-9(15)4-2-3-5-11-13-10/h8,14H,2-7H2,1H3,(H,12,15). The Bertz CT molecular complexity index is 241. The Hall–Kier alpha value is -1.30. The molecule has 0 radical (unpaired) electrons. The molecule has 1 unspecified atom stereocenters. The highest BCUT2D eigenvalue weighted by Crippen LogP contribution is 1.97. The van der Waals surface area contributed by atoms with Gasteiger partial charge < -0.3 is 15.2 Å². The van der Waals surface area contributed by atoms with Crippen LogP contribution in [0, 0.1) is 0 Å². The topological polar surface area (TPSA) is 107 Å². The normalized spacial score (nSPS) is 11.6. The fraction of sp³-hybridized carbons (Fsp3) is 0.889. The lowest BCUT2D eigenvalue weighted by Gasteiger charge is -2.13. The van der Waals surface area contributed by atoms with Crippen LogP contribution in [0.25, 0.3) is 10.4 Å². The zero-order valence-corrected chi connectivity index (χ0v) is 9.43. The first kappa shape index (κ1) is 14.7. The number of aliphatic hydroxyl groups excluding tert-OH is 1. The Balaban J connectivity index is 3.46. The monoisotopic (exact) mass is 230 g/mol. The largest absolute Gasteiger partial charge is 0.394 e. The SMILES string of the molecule is CC(NC(=O)CCCCN=[N+]=[N-])OCCO. The number of ether oxygens (including phenoxy) is 1. The number of hydrogen-bond donors (Lipinski definition) is 2. The number of nitrogens with zero attached hydrogens (tertiary/aromatic N) is 3. The molecule has 0 saturated heterocycles. The second-order valence-corrected chi connectivity index (χ2v) is 3.22. The maximum absolute atomic E-state index is 11.3. The molecule has 0 heterocycles. The molecule has 0 saturated carbocycles. The van der Waals surface area contributed by atoms with E-state index in [0.717, 1.165) is 0 Å². The molecule has 0 aliphatic carbocycles. The van der Waals surface area contributed by atoms with Crippen molar-refractivity contribution in [3.8, 4) is 0 Å². The Morgan fingerprint density at radius 2 is 2.38 bits per heavy atom. The van der Waals surface area contributed by atoms with Gasteiger partial charge in [-0.25, -0.2) is 0 Å². The van der Waals surface area contributed by atoms with Crippen molar-refractivity contribution in [1.82, 2.24) is 5.32 Å². The molecule has 0 bridgehead atoms. The fourth-order valence-electron chi connectivity index (χ4n) is 1.08. The van der Waals surface area contributed by atoms with Crippen LogP contribution in [0.15, 0.2) is 5.11 Å². The van der Waals surface area contributed by atoms with E-state index in [-0.39, 0.29) is 19.1 Å². The molecule has 0 rings (SSSR count). The van der Waals surface area contributed by atoms with Gasteiger partial charge in [0.05, 0.1) is 13.2 Å². The van der Waals surface area contributed by atoms with Crippen molar-refractivity contribution in [2.45, 2.75) is 32.4 Å². The summed E-state index contributed by atoms with van der Waals surface area (Å²) in [4.78, 5) is 13.9. The van der Waals surface area contributed by atoms with Crippen molar-refractivity contribution in [1.29, 1.82) is 0 Å². The zero-order valence-electron chi connectivity index (χ0n) is 9.43. The minimum atomic E-state index is -0.392. The second-order valence-electron chi connectivity index (χ2n) is 3.22. The van der Waals surface area contributed by atoms with Crippen molar-refractivity contribution in [2.75, 3.05) is 19.8 Å². The van der Waals surface area contributed by atoms with Gasteiger partial charge in [0.2, 0.25) is 5.91 Å². The average Bonchev–Trinajstić information content (AvgIpc) is 2.26. The maximum atomic E-state index is 11.3. The van der Waals surface area contributed by atoms with Gasteiger partial charge in [0.25, 0.3) is 0 Å². The number of hydrogen-bond acceptors (Lipinski definition) is 4. The molecule has 1 amide bonds. The quantitative estimate of drug-likeness (QED) is 0.202. The number of carbonyl (C=O) groups excluding carboxylic acids is 1. The van der Waals surface area contributed by atoms with Gasteiger partial charge in [-0.1, -0.05) is 5.11 Å². The summed E-state index contributed by atoms with van der Waals surface area (Å²) in [7, 11) is 0. The molecule has 0 spiro atoms. The van der Waals surface area contributed by atoms with Crippen LogP contribution in [0.3, 0.4) is 0 Å². The predicted octanol–water partition coefficient (Wildman–Crippen LogP) is 0.938.